The number of methoxy groups -OCH3 is 1. The molecular weight excluding hydrogens is 478 g/mol. The number of benzene rings is 2. The summed E-state index contributed by atoms with van der Waals surface area (Å²) in [5.74, 6) is 0.508. The molecule has 3 aromatic rings. The van der Waals surface area contributed by atoms with E-state index in [1.807, 2.05) is 35.7 Å². The lowest BCUT2D eigenvalue weighted by Crippen LogP contribution is -2.22. The van der Waals surface area contributed by atoms with E-state index in [0.29, 0.717) is 16.4 Å². The highest BCUT2D eigenvalue weighted by Gasteiger charge is 2.23. The molecule has 0 N–H and O–H groups in total. The van der Waals surface area contributed by atoms with Gasteiger partial charge in [-0.05, 0) is 35.9 Å². The highest BCUT2D eigenvalue weighted by atomic mass is 32.2. The maximum Gasteiger partial charge on any atom is 0.284 e. The van der Waals surface area contributed by atoms with Crippen LogP contribution in [0.5, 0.6) is 5.75 Å². The normalized spacial score (nSPS) is 15.3. The molecule has 7 nitrogen and oxygen atoms in total. The van der Waals surface area contributed by atoms with Crippen LogP contribution in [-0.2, 0) is 21.2 Å². The summed E-state index contributed by atoms with van der Waals surface area (Å²) >= 11 is 2.84. The maximum atomic E-state index is 12.3. The number of amides is 1. The van der Waals surface area contributed by atoms with Gasteiger partial charge >= 0.3 is 0 Å². The number of aromatic nitrogens is 1. The third-order valence-electron chi connectivity index (χ3n) is 4.86. The number of hydrogen-bond acceptors (Lipinski definition) is 7. The van der Waals surface area contributed by atoms with E-state index in [1.165, 1.54) is 41.5 Å². The van der Waals surface area contributed by atoms with Gasteiger partial charge < -0.3 is 4.74 Å². The van der Waals surface area contributed by atoms with E-state index in [2.05, 4.69) is 9.98 Å². The summed E-state index contributed by atoms with van der Waals surface area (Å²) in [6.45, 7) is 0. The average molecular weight is 500 g/mol. The van der Waals surface area contributed by atoms with Crippen molar-refractivity contribution < 1.29 is 17.9 Å². The fourth-order valence-corrected chi connectivity index (χ4v) is 5.76. The van der Waals surface area contributed by atoms with Crippen molar-refractivity contribution in [3.05, 3.63) is 69.4 Å². The Kier molecular flexibility index (Phi) is 6.80. The Morgan fingerprint density at radius 2 is 1.76 bits per heavy atom. The van der Waals surface area contributed by atoms with Crippen molar-refractivity contribution >= 4 is 50.1 Å². The second-order valence-electron chi connectivity index (χ2n) is 7.31. The zero-order valence-electron chi connectivity index (χ0n) is 18.2. The van der Waals surface area contributed by atoms with Crippen molar-refractivity contribution in [1.82, 2.24) is 9.29 Å². The predicted octanol–water partition coefficient (Wildman–Crippen LogP) is 4.32. The molecule has 0 saturated carbocycles. The lowest BCUT2D eigenvalue weighted by molar-refractivity contribution is -0.113. The summed E-state index contributed by atoms with van der Waals surface area (Å²) in [5, 5.41) is 3.45. The molecule has 0 aliphatic carbocycles. The lowest BCUT2D eigenvalue weighted by Gasteiger charge is -2.11. The van der Waals surface area contributed by atoms with Gasteiger partial charge in [-0.15, -0.1) is 11.3 Å². The van der Waals surface area contributed by atoms with Gasteiger partial charge in [-0.25, -0.2) is 22.7 Å². The van der Waals surface area contributed by atoms with Crippen LogP contribution in [0.25, 0.3) is 17.3 Å². The van der Waals surface area contributed by atoms with Crippen molar-refractivity contribution in [1.29, 1.82) is 0 Å². The van der Waals surface area contributed by atoms with Gasteiger partial charge in [0.25, 0.3) is 5.91 Å². The van der Waals surface area contributed by atoms with Gasteiger partial charge in [0.2, 0.25) is 10.0 Å². The summed E-state index contributed by atoms with van der Waals surface area (Å²) in [5.41, 5.74) is 2.49. The van der Waals surface area contributed by atoms with Crippen molar-refractivity contribution in [2.24, 2.45) is 4.99 Å². The fraction of sp³-hybridized carbons (Fsp3) is 0.174. The minimum absolute atomic E-state index is 0.234. The topological polar surface area (TPSA) is 88.9 Å². The molecule has 1 amide bonds. The molecule has 33 heavy (non-hydrogen) atoms. The number of hydrogen-bond donors (Lipinski definition) is 0. The summed E-state index contributed by atoms with van der Waals surface area (Å²) in [4.78, 5) is 21.9. The molecule has 170 valence electrons. The van der Waals surface area contributed by atoms with E-state index in [1.54, 1.807) is 31.4 Å². The minimum atomic E-state index is -3.47. The van der Waals surface area contributed by atoms with Gasteiger partial charge in [0, 0.05) is 31.5 Å². The molecule has 0 spiro atoms. The van der Waals surface area contributed by atoms with E-state index >= 15 is 0 Å². The molecular formula is C23H21N3O4S3. The third-order valence-corrected chi connectivity index (χ3v) is 8.52. The Labute approximate surface area is 200 Å². The van der Waals surface area contributed by atoms with Gasteiger partial charge in [-0.3, -0.25) is 4.79 Å². The highest BCUT2D eigenvalue weighted by Crippen LogP contribution is 2.32. The lowest BCUT2D eigenvalue weighted by atomic mass is 10.2. The number of thiazole rings is 1. The minimum Gasteiger partial charge on any atom is -0.497 e. The first kappa shape index (κ1) is 23.4. The number of sulfonamides is 1. The molecule has 2 heterocycles. The van der Waals surface area contributed by atoms with Gasteiger partial charge in [-0.2, -0.15) is 0 Å². The fourth-order valence-electron chi connectivity index (χ4n) is 3.04. The second kappa shape index (κ2) is 9.60. The molecule has 0 atom stereocenters. The molecule has 0 saturated heterocycles. The van der Waals surface area contributed by atoms with Crippen molar-refractivity contribution in [3.8, 4) is 17.0 Å². The smallest absolute Gasteiger partial charge is 0.284 e. The molecule has 0 unspecified atom stereocenters. The van der Waals surface area contributed by atoms with E-state index in [-0.39, 0.29) is 10.8 Å². The molecule has 0 radical (unpaired) electrons. The zero-order chi connectivity index (χ0) is 23.6. The van der Waals surface area contributed by atoms with Crippen LogP contribution in [0.15, 0.2) is 68.7 Å². The predicted molar refractivity (Wildman–Crippen MR) is 133 cm³/mol. The summed E-state index contributed by atoms with van der Waals surface area (Å²) in [6.07, 6.45) is 2.29. The Hall–Kier alpha value is -2.79. The number of nitrogens with zero attached hydrogens (tertiary/aromatic N) is 3. The van der Waals surface area contributed by atoms with Crippen LogP contribution < -0.4 is 4.74 Å². The Bertz CT molecular complexity index is 1340. The van der Waals surface area contributed by atoms with E-state index < -0.39 is 10.0 Å². The standard InChI is InChI=1S/C23H21N3O4S3/c1-26(2)33(28,29)18-10-6-16(7-11-18)19-14-31-21(24-19)13-22-25-23(27)20(32-22)12-15-4-8-17(30-3)9-5-15/h4-12,14H,13H2,1-3H3/b20-12-. The van der Waals surface area contributed by atoms with Crippen LogP contribution in [0.3, 0.4) is 0 Å². The quantitative estimate of drug-likeness (QED) is 0.450. The average Bonchev–Trinajstić information content (AvgIpc) is 3.41. The van der Waals surface area contributed by atoms with Crippen LogP contribution in [0.1, 0.15) is 10.6 Å². The highest BCUT2D eigenvalue weighted by molar-refractivity contribution is 8.18. The van der Waals surface area contributed by atoms with Crippen LogP contribution in [-0.4, -0.2) is 49.9 Å². The number of ether oxygens (including phenoxy) is 1. The van der Waals surface area contributed by atoms with Gasteiger partial charge in [0.15, 0.2) is 0 Å². The van der Waals surface area contributed by atoms with Crippen LogP contribution in [0.2, 0.25) is 0 Å². The van der Waals surface area contributed by atoms with Crippen LogP contribution >= 0.6 is 23.1 Å². The summed E-state index contributed by atoms with van der Waals surface area (Å²) in [6, 6.07) is 14.1. The summed E-state index contributed by atoms with van der Waals surface area (Å²) < 4.78 is 30.8. The number of thioether (sulfide) groups is 1. The van der Waals surface area contributed by atoms with Crippen LogP contribution in [0, 0.1) is 0 Å². The molecule has 0 fully saturated rings. The first-order chi connectivity index (χ1) is 15.8. The van der Waals surface area contributed by atoms with Crippen LogP contribution in [0.4, 0.5) is 0 Å². The Morgan fingerprint density at radius 3 is 2.39 bits per heavy atom. The molecule has 2 aromatic carbocycles. The van der Waals surface area contributed by atoms with Gasteiger partial charge in [-0.1, -0.05) is 36.0 Å². The summed E-state index contributed by atoms with van der Waals surface area (Å²) in [7, 11) is 1.14. The van der Waals surface area contributed by atoms with Gasteiger partial charge in [0.1, 0.15) is 5.75 Å². The van der Waals surface area contributed by atoms with Gasteiger partial charge in [0.05, 0.1) is 32.7 Å². The van der Waals surface area contributed by atoms with Crippen molar-refractivity contribution in [2.45, 2.75) is 11.3 Å². The van der Waals surface area contributed by atoms with E-state index in [0.717, 1.165) is 27.6 Å². The maximum absolute atomic E-state index is 12.3. The molecule has 1 aromatic heterocycles. The number of carbonyl (C=O) groups excluding carboxylic acids is 1. The molecule has 0 bridgehead atoms. The number of aliphatic imine (C=N–C) groups is 1. The molecule has 4 rings (SSSR count). The molecule has 1 aliphatic heterocycles. The van der Waals surface area contributed by atoms with E-state index in [4.69, 9.17) is 4.74 Å². The monoisotopic (exact) mass is 499 g/mol. The Morgan fingerprint density at radius 1 is 1.06 bits per heavy atom. The Balaban J connectivity index is 1.44. The number of rotatable bonds is 7. The SMILES string of the molecule is COc1ccc(/C=C2\SC(Cc3nc(-c4ccc(S(=O)(=O)N(C)C)cc4)cs3)=NC2=O)cc1. The second-order valence-corrected chi connectivity index (χ2v) is 11.5. The first-order valence-corrected chi connectivity index (χ1v) is 13.0. The van der Waals surface area contributed by atoms with E-state index in [9.17, 15) is 13.2 Å². The van der Waals surface area contributed by atoms with Crippen molar-refractivity contribution in [3.63, 3.8) is 0 Å². The third kappa shape index (κ3) is 5.25. The number of carbonyl (C=O) groups is 1. The first-order valence-electron chi connectivity index (χ1n) is 9.89. The molecule has 1 aliphatic rings. The molecule has 10 heteroatoms. The largest absolute Gasteiger partial charge is 0.497 e. The zero-order valence-corrected chi connectivity index (χ0v) is 20.6. The van der Waals surface area contributed by atoms with Crippen molar-refractivity contribution in [2.75, 3.05) is 21.2 Å².